The fraction of sp³-hybridized carbons (Fsp3) is 0.211. The summed E-state index contributed by atoms with van der Waals surface area (Å²) in [7, 11) is 0. The van der Waals surface area contributed by atoms with E-state index < -0.39 is 5.25 Å². The highest BCUT2D eigenvalue weighted by Gasteiger charge is 2.35. The molecule has 9 heteroatoms. The summed E-state index contributed by atoms with van der Waals surface area (Å²) >= 11 is 13.1. The van der Waals surface area contributed by atoms with E-state index in [2.05, 4.69) is 10.3 Å². The van der Waals surface area contributed by atoms with Crippen molar-refractivity contribution < 1.29 is 14.0 Å². The van der Waals surface area contributed by atoms with E-state index in [4.69, 9.17) is 23.2 Å². The highest BCUT2D eigenvalue weighted by molar-refractivity contribution is 8.15. The number of hydrogen-bond donors (Lipinski definition) is 1. The summed E-state index contributed by atoms with van der Waals surface area (Å²) in [6, 6.07) is 10.3. The van der Waals surface area contributed by atoms with Crippen LogP contribution in [0.3, 0.4) is 0 Å². The van der Waals surface area contributed by atoms with Crippen molar-refractivity contribution in [1.29, 1.82) is 0 Å². The van der Waals surface area contributed by atoms with E-state index in [1.54, 1.807) is 18.2 Å². The minimum Gasteiger partial charge on any atom is -0.325 e. The maximum Gasteiger partial charge on any atom is 0.238 e. The Hall–Kier alpha value is -2.09. The van der Waals surface area contributed by atoms with Gasteiger partial charge < -0.3 is 5.32 Å². The fourth-order valence-corrected chi connectivity index (χ4v) is 4.32. The van der Waals surface area contributed by atoms with Crippen molar-refractivity contribution >= 4 is 63.3 Å². The van der Waals surface area contributed by atoms with Crippen molar-refractivity contribution in [2.75, 3.05) is 11.9 Å². The molecule has 0 spiro atoms. The lowest BCUT2D eigenvalue weighted by atomic mass is 10.2. The molecule has 1 unspecified atom stereocenters. The standard InChI is InChI=1S/C19H16Cl2FN3O2S/c1-2-25-17(26)10-16(18(27)23-15-8-11(20)7-12(21)9-15)28-19(25)24-14-5-3-13(22)4-6-14/h3-9,16H,2,10H2,1H3,(H,23,27). The summed E-state index contributed by atoms with van der Waals surface area (Å²) in [5.41, 5.74) is 0.948. The molecule has 1 heterocycles. The third kappa shape index (κ3) is 5.04. The number of nitrogens with one attached hydrogen (secondary N) is 1. The van der Waals surface area contributed by atoms with Gasteiger partial charge in [0.2, 0.25) is 11.8 Å². The van der Waals surface area contributed by atoms with Crippen LogP contribution < -0.4 is 5.32 Å². The van der Waals surface area contributed by atoms with Crippen molar-refractivity contribution in [3.63, 3.8) is 0 Å². The SMILES string of the molecule is CCN1C(=O)CC(C(=O)Nc2cc(Cl)cc(Cl)c2)SC1=Nc1ccc(F)cc1. The molecule has 2 aromatic carbocycles. The first-order chi connectivity index (χ1) is 13.4. The van der Waals surface area contributed by atoms with Gasteiger partial charge in [-0.25, -0.2) is 9.38 Å². The zero-order valence-corrected chi connectivity index (χ0v) is 17.1. The summed E-state index contributed by atoms with van der Waals surface area (Å²) in [6.07, 6.45) is 0.0427. The molecule has 2 amide bonds. The van der Waals surface area contributed by atoms with E-state index in [1.165, 1.54) is 40.9 Å². The number of hydrogen-bond acceptors (Lipinski definition) is 4. The molecular formula is C19H16Cl2FN3O2S. The van der Waals surface area contributed by atoms with Crippen LogP contribution in [0.5, 0.6) is 0 Å². The van der Waals surface area contributed by atoms with Crippen molar-refractivity contribution in [3.8, 4) is 0 Å². The Bertz CT molecular complexity index is 917. The van der Waals surface area contributed by atoms with Crippen molar-refractivity contribution in [2.45, 2.75) is 18.6 Å². The fourth-order valence-electron chi connectivity index (χ4n) is 2.63. The number of halogens is 3. The van der Waals surface area contributed by atoms with Gasteiger partial charge in [-0.3, -0.25) is 14.5 Å². The van der Waals surface area contributed by atoms with Crippen LogP contribution in [0.2, 0.25) is 10.0 Å². The number of carbonyl (C=O) groups excluding carboxylic acids is 2. The lowest BCUT2D eigenvalue weighted by Crippen LogP contribution is -2.45. The lowest BCUT2D eigenvalue weighted by molar-refractivity contribution is -0.129. The van der Waals surface area contributed by atoms with E-state index in [1.807, 2.05) is 6.92 Å². The van der Waals surface area contributed by atoms with Crippen LogP contribution >= 0.6 is 35.0 Å². The Morgan fingerprint density at radius 1 is 1.25 bits per heavy atom. The lowest BCUT2D eigenvalue weighted by Gasteiger charge is -2.30. The molecule has 0 aromatic heterocycles. The first-order valence-corrected chi connectivity index (χ1v) is 10.1. The van der Waals surface area contributed by atoms with Gasteiger partial charge in [0.25, 0.3) is 0 Å². The Morgan fingerprint density at radius 3 is 2.50 bits per heavy atom. The molecule has 1 N–H and O–H groups in total. The first kappa shape index (κ1) is 20.6. The van der Waals surface area contributed by atoms with Gasteiger partial charge in [-0.1, -0.05) is 35.0 Å². The molecular weight excluding hydrogens is 424 g/mol. The maximum absolute atomic E-state index is 13.1. The molecule has 28 heavy (non-hydrogen) atoms. The van der Waals surface area contributed by atoms with E-state index in [9.17, 15) is 14.0 Å². The number of aliphatic imine (C=N–C) groups is 1. The average molecular weight is 440 g/mol. The van der Waals surface area contributed by atoms with Gasteiger partial charge in [0, 0.05) is 28.7 Å². The summed E-state index contributed by atoms with van der Waals surface area (Å²) < 4.78 is 13.1. The molecule has 1 fully saturated rings. The molecule has 0 radical (unpaired) electrons. The molecule has 2 aromatic rings. The third-order valence-corrected chi connectivity index (χ3v) is 5.55. The number of amides is 2. The normalized spacial score (nSPS) is 18.4. The molecule has 0 aliphatic carbocycles. The smallest absolute Gasteiger partial charge is 0.238 e. The topological polar surface area (TPSA) is 61.8 Å². The predicted octanol–water partition coefficient (Wildman–Crippen LogP) is 5.11. The molecule has 0 bridgehead atoms. The van der Waals surface area contributed by atoms with E-state index in [-0.39, 0.29) is 24.1 Å². The van der Waals surface area contributed by atoms with Crippen LogP contribution in [0.25, 0.3) is 0 Å². The second-order valence-electron chi connectivity index (χ2n) is 5.97. The number of anilines is 1. The van der Waals surface area contributed by atoms with Crippen molar-refractivity contribution in [3.05, 3.63) is 58.3 Å². The van der Waals surface area contributed by atoms with Crippen LogP contribution in [0.1, 0.15) is 13.3 Å². The minimum absolute atomic E-state index is 0.0427. The van der Waals surface area contributed by atoms with Gasteiger partial charge in [0.05, 0.1) is 5.69 Å². The predicted molar refractivity (Wildman–Crippen MR) is 112 cm³/mol. The number of amidine groups is 1. The highest BCUT2D eigenvalue weighted by Crippen LogP contribution is 2.30. The third-order valence-electron chi connectivity index (χ3n) is 3.93. The molecule has 1 atom stereocenters. The minimum atomic E-state index is -0.660. The average Bonchev–Trinajstić information content (AvgIpc) is 2.62. The Kier molecular flexibility index (Phi) is 6.59. The van der Waals surface area contributed by atoms with E-state index in [0.717, 1.165) is 0 Å². The summed E-state index contributed by atoms with van der Waals surface area (Å²) in [4.78, 5) is 31.1. The second kappa shape index (κ2) is 8.94. The number of thioether (sulfide) groups is 1. The monoisotopic (exact) mass is 439 g/mol. The van der Waals surface area contributed by atoms with Gasteiger partial charge in [-0.05, 0) is 49.4 Å². The molecule has 5 nitrogen and oxygen atoms in total. The van der Waals surface area contributed by atoms with Crippen LogP contribution in [0.15, 0.2) is 47.5 Å². The van der Waals surface area contributed by atoms with Gasteiger partial charge in [0.1, 0.15) is 11.1 Å². The van der Waals surface area contributed by atoms with Gasteiger partial charge >= 0.3 is 0 Å². The quantitative estimate of drug-likeness (QED) is 0.719. The molecule has 1 saturated heterocycles. The molecule has 1 aliphatic rings. The van der Waals surface area contributed by atoms with Crippen LogP contribution in [-0.4, -0.2) is 33.7 Å². The molecule has 0 saturated carbocycles. The number of benzene rings is 2. The van der Waals surface area contributed by atoms with E-state index >= 15 is 0 Å². The zero-order chi connectivity index (χ0) is 20.3. The Labute approximate surface area is 175 Å². The van der Waals surface area contributed by atoms with Crippen LogP contribution in [-0.2, 0) is 9.59 Å². The summed E-state index contributed by atoms with van der Waals surface area (Å²) in [5.74, 6) is -0.924. The van der Waals surface area contributed by atoms with Crippen LogP contribution in [0, 0.1) is 5.82 Å². The second-order valence-corrected chi connectivity index (χ2v) is 8.01. The number of nitrogens with zero attached hydrogens (tertiary/aromatic N) is 2. The van der Waals surface area contributed by atoms with Gasteiger partial charge in [0.15, 0.2) is 5.17 Å². The Balaban J connectivity index is 1.81. The van der Waals surface area contributed by atoms with Gasteiger partial charge in [-0.2, -0.15) is 0 Å². The summed E-state index contributed by atoms with van der Waals surface area (Å²) in [6.45, 7) is 2.25. The maximum atomic E-state index is 13.1. The van der Waals surface area contributed by atoms with Gasteiger partial charge in [-0.15, -0.1) is 0 Å². The summed E-state index contributed by atoms with van der Waals surface area (Å²) in [5, 5.41) is 3.26. The first-order valence-electron chi connectivity index (χ1n) is 8.44. The molecule has 1 aliphatic heterocycles. The highest BCUT2D eigenvalue weighted by atomic mass is 35.5. The van der Waals surface area contributed by atoms with Crippen molar-refractivity contribution in [1.82, 2.24) is 4.90 Å². The number of carbonyl (C=O) groups is 2. The largest absolute Gasteiger partial charge is 0.325 e. The van der Waals surface area contributed by atoms with E-state index in [0.29, 0.717) is 33.1 Å². The number of rotatable bonds is 4. The Morgan fingerprint density at radius 2 is 1.89 bits per heavy atom. The van der Waals surface area contributed by atoms with Crippen LogP contribution in [0.4, 0.5) is 15.8 Å². The molecule has 3 rings (SSSR count). The zero-order valence-electron chi connectivity index (χ0n) is 14.8. The molecule has 146 valence electrons. The van der Waals surface area contributed by atoms with Crippen molar-refractivity contribution in [2.24, 2.45) is 4.99 Å².